The molecular weight excluding hydrogens is 254 g/mol. The van der Waals surface area contributed by atoms with Crippen LogP contribution in [0.4, 0.5) is 5.82 Å². The maximum absolute atomic E-state index is 4.16. The average Bonchev–Trinajstić information content (AvgIpc) is 2.14. The molecule has 0 amide bonds. The Morgan fingerprint density at radius 3 is 2.67 bits per heavy atom. The number of hydrogen-bond donors (Lipinski definition) is 1. The minimum Gasteiger partial charge on any atom is -0.369 e. The third-order valence-corrected chi connectivity index (χ3v) is 3.30. The molecule has 1 aromatic heterocycles. The molecule has 0 radical (unpaired) electrons. The van der Waals surface area contributed by atoms with Gasteiger partial charge >= 0.3 is 0 Å². The molecule has 0 aliphatic carbocycles. The topological polar surface area (TPSA) is 37.8 Å². The number of nitrogens with one attached hydrogen (secondary N) is 1. The first-order valence-corrected chi connectivity index (χ1v) is 5.90. The molecule has 1 rings (SSSR count). The number of rotatable bonds is 3. The molecule has 1 atom stereocenters. The van der Waals surface area contributed by atoms with Crippen LogP contribution < -0.4 is 5.32 Å². The van der Waals surface area contributed by atoms with Gasteiger partial charge in [-0.25, -0.2) is 9.97 Å². The van der Waals surface area contributed by atoms with Crippen molar-refractivity contribution in [1.29, 1.82) is 0 Å². The fourth-order valence-electron chi connectivity index (χ4n) is 0.999. The minimum atomic E-state index is 0.312. The first-order chi connectivity index (χ1) is 6.91. The zero-order valence-electron chi connectivity index (χ0n) is 9.71. The standard InChI is InChI=1S/C11H18BrN3/c1-8(11(2,3)4)5-14-10-9(12)6-13-7-15-10/h6-8H,5H2,1-4H3,(H,13,14,15). The van der Waals surface area contributed by atoms with E-state index < -0.39 is 0 Å². The quantitative estimate of drug-likeness (QED) is 0.917. The van der Waals surface area contributed by atoms with Crippen molar-refractivity contribution in [3.05, 3.63) is 17.0 Å². The minimum absolute atomic E-state index is 0.312. The van der Waals surface area contributed by atoms with Gasteiger partial charge in [-0.1, -0.05) is 27.7 Å². The second-order valence-electron chi connectivity index (χ2n) is 4.87. The van der Waals surface area contributed by atoms with E-state index >= 15 is 0 Å². The van der Waals surface area contributed by atoms with Gasteiger partial charge in [-0.05, 0) is 27.3 Å². The molecule has 84 valence electrons. The first-order valence-electron chi connectivity index (χ1n) is 5.10. The summed E-state index contributed by atoms with van der Waals surface area (Å²) >= 11 is 3.41. The highest BCUT2D eigenvalue weighted by molar-refractivity contribution is 9.10. The van der Waals surface area contributed by atoms with Crippen LogP contribution in [0.5, 0.6) is 0 Å². The van der Waals surface area contributed by atoms with Crippen LogP contribution in [-0.2, 0) is 0 Å². The molecule has 1 heterocycles. The van der Waals surface area contributed by atoms with Crippen molar-refractivity contribution in [3.8, 4) is 0 Å². The summed E-state index contributed by atoms with van der Waals surface area (Å²) in [4.78, 5) is 8.09. The lowest BCUT2D eigenvalue weighted by Crippen LogP contribution is -2.25. The fraction of sp³-hybridized carbons (Fsp3) is 0.636. The van der Waals surface area contributed by atoms with Gasteiger partial charge in [0.15, 0.2) is 0 Å². The Kier molecular flexibility index (Phi) is 4.08. The van der Waals surface area contributed by atoms with Crippen molar-refractivity contribution in [3.63, 3.8) is 0 Å². The molecule has 0 aromatic carbocycles. The number of hydrogen-bond acceptors (Lipinski definition) is 3. The van der Waals surface area contributed by atoms with Gasteiger partial charge in [0, 0.05) is 12.7 Å². The van der Waals surface area contributed by atoms with Crippen molar-refractivity contribution in [2.75, 3.05) is 11.9 Å². The van der Waals surface area contributed by atoms with E-state index in [2.05, 4.69) is 58.9 Å². The Morgan fingerprint density at radius 2 is 2.13 bits per heavy atom. The van der Waals surface area contributed by atoms with Gasteiger partial charge in [0.1, 0.15) is 12.1 Å². The van der Waals surface area contributed by atoms with Crippen LogP contribution in [0.2, 0.25) is 0 Å². The van der Waals surface area contributed by atoms with Crippen LogP contribution in [0.3, 0.4) is 0 Å². The molecule has 0 spiro atoms. The third kappa shape index (κ3) is 3.78. The van der Waals surface area contributed by atoms with E-state index in [9.17, 15) is 0 Å². The van der Waals surface area contributed by atoms with E-state index in [0.717, 1.165) is 16.8 Å². The molecule has 4 heteroatoms. The third-order valence-electron chi connectivity index (χ3n) is 2.72. The lowest BCUT2D eigenvalue weighted by atomic mass is 9.82. The average molecular weight is 272 g/mol. The lowest BCUT2D eigenvalue weighted by molar-refractivity contribution is 0.274. The predicted octanol–water partition coefficient (Wildman–Crippen LogP) is 3.33. The van der Waals surface area contributed by atoms with E-state index in [1.54, 1.807) is 12.5 Å². The first kappa shape index (κ1) is 12.4. The van der Waals surface area contributed by atoms with Gasteiger partial charge < -0.3 is 5.32 Å². The van der Waals surface area contributed by atoms with Gasteiger partial charge in [0.05, 0.1) is 4.47 Å². The van der Waals surface area contributed by atoms with Gasteiger partial charge in [-0.3, -0.25) is 0 Å². The van der Waals surface area contributed by atoms with Crippen molar-refractivity contribution in [2.24, 2.45) is 11.3 Å². The highest BCUT2D eigenvalue weighted by Crippen LogP contribution is 2.26. The summed E-state index contributed by atoms with van der Waals surface area (Å²) in [6.45, 7) is 9.89. The summed E-state index contributed by atoms with van der Waals surface area (Å²) in [6, 6.07) is 0. The fourth-order valence-corrected chi connectivity index (χ4v) is 1.36. The zero-order valence-corrected chi connectivity index (χ0v) is 11.3. The summed E-state index contributed by atoms with van der Waals surface area (Å²) < 4.78 is 0.908. The van der Waals surface area contributed by atoms with E-state index in [0.29, 0.717) is 11.3 Å². The number of aromatic nitrogens is 2. The zero-order chi connectivity index (χ0) is 11.5. The molecular formula is C11H18BrN3. The molecule has 3 nitrogen and oxygen atoms in total. The maximum Gasteiger partial charge on any atom is 0.143 e. The molecule has 0 saturated carbocycles. The van der Waals surface area contributed by atoms with Gasteiger partial charge in [0.25, 0.3) is 0 Å². The number of anilines is 1. The van der Waals surface area contributed by atoms with Gasteiger partial charge in [-0.15, -0.1) is 0 Å². The molecule has 0 fully saturated rings. The largest absolute Gasteiger partial charge is 0.369 e. The number of halogens is 1. The summed E-state index contributed by atoms with van der Waals surface area (Å²) in [6.07, 6.45) is 3.30. The highest BCUT2D eigenvalue weighted by Gasteiger charge is 2.19. The maximum atomic E-state index is 4.16. The molecule has 0 aliphatic rings. The van der Waals surface area contributed by atoms with Crippen LogP contribution in [0.1, 0.15) is 27.7 Å². The summed E-state index contributed by atoms with van der Waals surface area (Å²) in [5.41, 5.74) is 0.312. The summed E-state index contributed by atoms with van der Waals surface area (Å²) in [5, 5.41) is 3.32. The van der Waals surface area contributed by atoms with E-state index in [1.165, 1.54) is 0 Å². The van der Waals surface area contributed by atoms with Crippen LogP contribution in [0.15, 0.2) is 17.0 Å². The van der Waals surface area contributed by atoms with Crippen molar-refractivity contribution < 1.29 is 0 Å². The Morgan fingerprint density at radius 1 is 1.47 bits per heavy atom. The molecule has 0 aliphatic heterocycles. The lowest BCUT2D eigenvalue weighted by Gasteiger charge is -2.27. The van der Waals surface area contributed by atoms with Crippen LogP contribution in [0.25, 0.3) is 0 Å². The summed E-state index contributed by atoms with van der Waals surface area (Å²) in [7, 11) is 0. The summed E-state index contributed by atoms with van der Waals surface area (Å²) in [5.74, 6) is 1.44. The van der Waals surface area contributed by atoms with Crippen LogP contribution in [0, 0.1) is 11.3 Å². The molecule has 0 saturated heterocycles. The van der Waals surface area contributed by atoms with E-state index in [4.69, 9.17) is 0 Å². The second kappa shape index (κ2) is 4.92. The molecule has 1 aromatic rings. The number of nitrogens with zero attached hydrogens (tertiary/aromatic N) is 2. The molecule has 1 N–H and O–H groups in total. The Hall–Kier alpha value is -0.640. The van der Waals surface area contributed by atoms with Crippen molar-refractivity contribution >= 4 is 21.7 Å². The van der Waals surface area contributed by atoms with Crippen LogP contribution >= 0.6 is 15.9 Å². The Balaban J connectivity index is 2.55. The monoisotopic (exact) mass is 271 g/mol. The highest BCUT2D eigenvalue weighted by atomic mass is 79.9. The SMILES string of the molecule is CC(CNc1ncncc1Br)C(C)(C)C. The normalized spacial score (nSPS) is 13.7. The Bertz CT molecular complexity index is 320. The smallest absolute Gasteiger partial charge is 0.143 e. The van der Waals surface area contributed by atoms with Gasteiger partial charge in [-0.2, -0.15) is 0 Å². The Labute approximate surface area is 99.8 Å². The van der Waals surface area contributed by atoms with Gasteiger partial charge in [0.2, 0.25) is 0 Å². The molecule has 0 bridgehead atoms. The molecule has 1 unspecified atom stereocenters. The van der Waals surface area contributed by atoms with Crippen molar-refractivity contribution in [2.45, 2.75) is 27.7 Å². The predicted molar refractivity (Wildman–Crippen MR) is 66.8 cm³/mol. The molecule has 15 heavy (non-hydrogen) atoms. The van der Waals surface area contributed by atoms with Crippen molar-refractivity contribution in [1.82, 2.24) is 9.97 Å². The van der Waals surface area contributed by atoms with E-state index in [-0.39, 0.29) is 0 Å². The second-order valence-corrected chi connectivity index (χ2v) is 5.72. The van der Waals surface area contributed by atoms with Crippen LogP contribution in [-0.4, -0.2) is 16.5 Å². The van der Waals surface area contributed by atoms with E-state index in [1.807, 2.05) is 0 Å².